The third kappa shape index (κ3) is 2.13. The quantitative estimate of drug-likeness (QED) is 0.855. The molecule has 18 heavy (non-hydrogen) atoms. The van der Waals surface area contributed by atoms with E-state index in [1.807, 2.05) is 6.07 Å². The Balaban J connectivity index is 1.65. The van der Waals surface area contributed by atoms with Gasteiger partial charge in [-0.2, -0.15) is 0 Å². The van der Waals surface area contributed by atoms with Crippen molar-refractivity contribution in [3.8, 4) is 0 Å². The standard InChI is InChI=1S/C14H20N4/c1-10-17-13-4-2-3-5-14(13)18(10)7-6-16-12-8-11(15)9-12/h2-5,11-12,16H,6-9,15H2,1H3. The zero-order valence-electron chi connectivity index (χ0n) is 10.8. The number of rotatable bonds is 4. The number of aryl methyl sites for hydroxylation is 1. The molecule has 1 heterocycles. The third-order valence-electron chi connectivity index (χ3n) is 3.79. The lowest BCUT2D eigenvalue weighted by molar-refractivity contribution is 0.289. The SMILES string of the molecule is Cc1nc2ccccc2n1CCNC1CC(N)C1. The van der Waals surface area contributed by atoms with Crippen LogP contribution < -0.4 is 11.1 Å². The number of nitrogens with one attached hydrogen (secondary N) is 1. The van der Waals surface area contributed by atoms with E-state index in [4.69, 9.17) is 5.73 Å². The Labute approximate surface area is 107 Å². The van der Waals surface area contributed by atoms with Crippen molar-refractivity contribution in [1.82, 2.24) is 14.9 Å². The van der Waals surface area contributed by atoms with Crippen LogP contribution in [0.1, 0.15) is 18.7 Å². The fourth-order valence-corrected chi connectivity index (χ4v) is 2.69. The molecule has 2 aromatic rings. The Kier molecular flexibility index (Phi) is 3.06. The maximum absolute atomic E-state index is 5.78. The minimum atomic E-state index is 0.415. The van der Waals surface area contributed by atoms with Crippen molar-refractivity contribution in [2.24, 2.45) is 5.73 Å². The smallest absolute Gasteiger partial charge is 0.106 e. The second kappa shape index (κ2) is 4.71. The van der Waals surface area contributed by atoms with Crippen molar-refractivity contribution in [2.75, 3.05) is 6.54 Å². The van der Waals surface area contributed by atoms with Crippen molar-refractivity contribution in [2.45, 2.75) is 38.4 Å². The Bertz CT molecular complexity index is 540. The highest BCUT2D eigenvalue weighted by Gasteiger charge is 2.24. The summed E-state index contributed by atoms with van der Waals surface area (Å²) >= 11 is 0. The lowest BCUT2D eigenvalue weighted by Crippen LogP contribution is -2.49. The molecule has 0 aliphatic heterocycles. The Hall–Kier alpha value is -1.39. The van der Waals surface area contributed by atoms with Gasteiger partial charge in [0.1, 0.15) is 5.82 Å². The summed E-state index contributed by atoms with van der Waals surface area (Å²) in [7, 11) is 0. The van der Waals surface area contributed by atoms with E-state index in [0.29, 0.717) is 12.1 Å². The fraction of sp³-hybridized carbons (Fsp3) is 0.500. The van der Waals surface area contributed by atoms with Crippen LogP contribution in [0, 0.1) is 6.92 Å². The molecule has 0 saturated heterocycles. The molecule has 1 aromatic carbocycles. The van der Waals surface area contributed by atoms with Gasteiger partial charge in [0.2, 0.25) is 0 Å². The van der Waals surface area contributed by atoms with Crippen LogP contribution in [-0.2, 0) is 6.54 Å². The highest BCUT2D eigenvalue weighted by Crippen LogP contribution is 2.18. The summed E-state index contributed by atoms with van der Waals surface area (Å²) in [6.07, 6.45) is 2.23. The van der Waals surface area contributed by atoms with Crippen LogP contribution in [0.2, 0.25) is 0 Å². The summed E-state index contributed by atoms with van der Waals surface area (Å²) in [4.78, 5) is 4.57. The largest absolute Gasteiger partial charge is 0.328 e. The predicted octanol–water partition coefficient (Wildman–Crippen LogP) is 1.42. The number of fused-ring (bicyclic) bond motifs is 1. The van der Waals surface area contributed by atoms with E-state index in [1.165, 1.54) is 5.52 Å². The molecule has 0 radical (unpaired) electrons. The van der Waals surface area contributed by atoms with Crippen LogP contribution in [0.4, 0.5) is 0 Å². The molecular weight excluding hydrogens is 224 g/mol. The molecule has 3 rings (SSSR count). The topological polar surface area (TPSA) is 55.9 Å². The van der Waals surface area contributed by atoms with E-state index in [-0.39, 0.29) is 0 Å². The van der Waals surface area contributed by atoms with Crippen LogP contribution in [0.3, 0.4) is 0 Å². The second-order valence-electron chi connectivity index (χ2n) is 5.18. The van der Waals surface area contributed by atoms with E-state index in [1.54, 1.807) is 0 Å². The van der Waals surface area contributed by atoms with Gasteiger partial charge < -0.3 is 15.6 Å². The van der Waals surface area contributed by atoms with E-state index in [0.717, 1.165) is 37.3 Å². The Morgan fingerprint density at radius 2 is 2.17 bits per heavy atom. The van der Waals surface area contributed by atoms with E-state index in [2.05, 4.69) is 40.0 Å². The molecule has 1 fully saturated rings. The minimum Gasteiger partial charge on any atom is -0.328 e. The third-order valence-corrected chi connectivity index (χ3v) is 3.79. The zero-order valence-corrected chi connectivity index (χ0v) is 10.8. The molecule has 4 heteroatoms. The van der Waals surface area contributed by atoms with Crippen LogP contribution in [0.25, 0.3) is 11.0 Å². The monoisotopic (exact) mass is 244 g/mol. The minimum absolute atomic E-state index is 0.415. The van der Waals surface area contributed by atoms with Crippen LogP contribution in [-0.4, -0.2) is 28.2 Å². The molecule has 96 valence electrons. The maximum atomic E-state index is 5.78. The first kappa shape index (κ1) is 11.7. The molecule has 1 saturated carbocycles. The molecule has 1 aliphatic rings. The number of hydrogen-bond acceptors (Lipinski definition) is 3. The number of nitrogens with zero attached hydrogens (tertiary/aromatic N) is 2. The van der Waals surface area contributed by atoms with Gasteiger partial charge in [-0.25, -0.2) is 4.98 Å². The summed E-state index contributed by atoms with van der Waals surface area (Å²) in [5.74, 6) is 1.09. The second-order valence-corrected chi connectivity index (χ2v) is 5.18. The molecule has 1 aliphatic carbocycles. The van der Waals surface area contributed by atoms with Crippen molar-refractivity contribution >= 4 is 11.0 Å². The number of para-hydroxylation sites is 2. The number of aromatic nitrogens is 2. The van der Waals surface area contributed by atoms with E-state index >= 15 is 0 Å². The summed E-state index contributed by atoms with van der Waals surface area (Å²) in [6.45, 7) is 4.02. The first-order valence-electron chi connectivity index (χ1n) is 6.65. The summed E-state index contributed by atoms with van der Waals surface area (Å²) < 4.78 is 2.28. The summed E-state index contributed by atoms with van der Waals surface area (Å²) in [5.41, 5.74) is 8.09. The first-order valence-corrected chi connectivity index (χ1v) is 6.65. The average Bonchev–Trinajstić information content (AvgIpc) is 2.63. The number of benzene rings is 1. The van der Waals surface area contributed by atoms with Crippen LogP contribution >= 0.6 is 0 Å². The average molecular weight is 244 g/mol. The van der Waals surface area contributed by atoms with Crippen molar-refractivity contribution in [1.29, 1.82) is 0 Å². The van der Waals surface area contributed by atoms with Crippen molar-refractivity contribution in [3.05, 3.63) is 30.1 Å². The van der Waals surface area contributed by atoms with Gasteiger partial charge in [-0.3, -0.25) is 0 Å². The number of hydrogen-bond donors (Lipinski definition) is 2. The van der Waals surface area contributed by atoms with Crippen LogP contribution in [0.15, 0.2) is 24.3 Å². The molecule has 4 nitrogen and oxygen atoms in total. The molecule has 0 unspecified atom stereocenters. The van der Waals surface area contributed by atoms with Gasteiger partial charge in [-0.15, -0.1) is 0 Å². The maximum Gasteiger partial charge on any atom is 0.106 e. The van der Waals surface area contributed by atoms with Gasteiger partial charge >= 0.3 is 0 Å². The summed E-state index contributed by atoms with van der Waals surface area (Å²) in [5, 5.41) is 3.55. The molecule has 0 amide bonds. The normalized spacial score (nSPS) is 23.2. The molecule has 1 aromatic heterocycles. The van der Waals surface area contributed by atoms with Gasteiger partial charge in [-0.05, 0) is 31.9 Å². The molecule has 3 N–H and O–H groups in total. The van der Waals surface area contributed by atoms with Gasteiger partial charge in [0.25, 0.3) is 0 Å². The van der Waals surface area contributed by atoms with Crippen molar-refractivity contribution < 1.29 is 0 Å². The Morgan fingerprint density at radius 1 is 1.39 bits per heavy atom. The van der Waals surface area contributed by atoms with Crippen LogP contribution in [0.5, 0.6) is 0 Å². The van der Waals surface area contributed by atoms with E-state index < -0.39 is 0 Å². The van der Waals surface area contributed by atoms with Gasteiger partial charge in [0.05, 0.1) is 11.0 Å². The highest BCUT2D eigenvalue weighted by molar-refractivity contribution is 5.75. The van der Waals surface area contributed by atoms with E-state index in [9.17, 15) is 0 Å². The first-order chi connectivity index (χ1) is 8.74. The van der Waals surface area contributed by atoms with Gasteiger partial charge in [-0.1, -0.05) is 12.1 Å². The van der Waals surface area contributed by atoms with Crippen molar-refractivity contribution in [3.63, 3.8) is 0 Å². The number of imidazole rings is 1. The Morgan fingerprint density at radius 3 is 2.94 bits per heavy atom. The predicted molar refractivity (Wildman–Crippen MR) is 73.5 cm³/mol. The molecular formula is C14H20N4. The van der Waals surface area contributed by atoms with Gasteiger partial charge in [0.15, 0.2) is 0 Å². The fourth-order valence-electron chi connectivity index (χ4n) is 2.69. The molecule has 0 bridgehead atoms. The molecule has 0 atom stereocenters. The lowest BCUT2D eigenvalue weighted by atomic mass is 9.88. The number of nitrogens with two attached hydrogens (primary N) is 1. The lowest BCUT2D eigenvalue weighted by Gasteiger charge is -2.33. The summed E-state index contributed by atoms with van der Waals surface area (Å²) in [6, 6.07) is 9.34. The highest BCUT2D eigenvalue weighted by atomic mass is 15.1. The zero-order chi connectivity index (χ0) is 12.5. The van der Waals surface area contributed by atoms with Gasteiger partial charge in [0, 0.05) is 25.2 Å². The molecule has 0 spiro atoms.